The number of aromatic nitrogens is 4. The number of fused-ring (bicyclic) bond motifs is 2. The average molecular weight is 498 g/mol. The Bertz CT molecular complexity index is 1230. The van der Waals surface area contributed by atoms with E-state index in [0.717, 1.165) is 47.7 Å². The molecule has 0 radical (unpaired) electrons. The first-order valence-corrected chi connectivity index (χ1v) is 10.2. The largest absolute Gasteiger partial charge is 0.508 e. The Balaban J connectivity index is 1.81. The maximum absolute atomic E-state index is 9.77. The zero-order valence-corrected chi connectivity index (χ0v) is 17.6. The third-order valence-corrected chi connectivity index (χ3v) is 5.85. The average Bonchev–Trinajstić information content (AvgIpc) is 3.28. The van der Waals surface area contributed by atoms with Gasteiger partial charge in [0.15, 0.2) is 0 Å². The van der Waals surface area contributed by atoms with Crippen LogP contribution in [0.4, 0.5) is 0 Å². The molecular formula is C21H14Br2N4O. The van der Waals surface area contributed by atoms with Crippen molar-refractivity contribution >= 4 is 53.7 Å². The van der Waals surface area contributed by atoms with Crippen LogP contribution < -0.4 is 0 Å². The van der Waals surface area contributed by atoms with Crippen molar-refractivity contribution < 1.29 is 5.11 Å². The number of aromatic hydroxyl groups is 1. The minimum atomic E-state index is -0.0355. The van der Waals surface area contributed by atoms with E-state index in [1.807, 2.05) is 49.1 Å². The highest BCUT2D eigenvalue weighted by Crippen LogP contribution is 2.40. The zero-order chi connectivity index (χ0) is 19.3. The van der Waals surface area contributed by atoms with Gasteiger partial charge in [0.1, 0.15) is 15.0 Å². The fourth-order valence-corrected chi connectivity index (χ4v) is 4.37. The van der Waals surface area contributed by atoms with E-state index in [4.69, 9.17) is 0 Å². The van der Waals surface area contributed by atoms with E-state index < -0.39 is 0 Å². The Morgan fingerprint density at radius 2 is 1.29 bits per heavy atom. The molecule has 0 aliphatic heterocycles. The lowest BCUT2D eigenvalue weighted by molar-refractivity contribution is 0.475. The van der Waals surface area contributed by atoms with Crippen LogP contribution in [0.1, 0.15) is 22.6 Å². The van der Waals surface area contributed by atoms with Crippen LogP contribution in [-0.4, -0.2) is 25.0 Å². The summed E-state index contributed by atoms with van der Waals surface area (Å²) in [6, 6.07) is 11.4. The van der Waals surface area contributed by atoms with Crippen molar-refractivity contribution in [1.82, 2.24) is 19.9 Å². The Morgan fingerprint density at radius 1 is 0.786 bits per heavy atom. The van der Waals surface area contributed by atoms with Crippen LogP contribution in [0.2, 0.25) is 0 Å². The van der Waals surface area contributed by atoms with Crippen molar-refractivity contribution in [1.29, 1.82) is 0 Å². The first-order valence-electron chi connectivity index (χ1n) is 8.64. The van der Waals surface area contributed by atoms with Crippen molar-refractivity contribution in [2.75, 3.05) is 0 Å². The van der Waals surface area contributed by atoms with Gasteiger partial charge < -0.3 is 15.1 Å². The van der Waals surface area contributed by atoms with Gasteiger partial charge >= 0.3 is 0 Å². The summed E-state index contributed by atoms with van der Waals surface area (Å²) in [6.45, 7) is 0. The lowest BCUT2D eigenvalue weighted by Gasteiger charge is -2.17. The monoisotopic (exact) mass is 496 g/mol. The third kappa shape index (κ3) is 2.91. The summed E-state index contributed by atoms with van der Waals surface area (Å²) in [4.78, 5) is 15.3. The molecule has 4 aromatic heterocycles. The molecule has 5 rings (SSSR count). The van der Waals surface area contributed by atoms with Crippen LogP contribution in [0, 0.1) is 0 Å². The molecular weight excluding hydrogens is 484 g/mol. The van der Waals surface area contributed by atoms with Crippen molar-refractivity contribution in [2.45, 2.75) is 5.92 Å². The topological polar surface area (TPSA) is 77.6 Å². The number of pyridine rings is 2. The van der Waals surface area contributed by atoms with Crippen LogP contribution in [-0.2, 0) is 0 Å². The number of phenolic OH excluding ortho intramolecular Hbond substituents is 1. The molecule has 0 unspecified atom stereocenters. The molecule has 138 valence electrons. The molecule has 0 saturated carbocycles. The lowest BCUT2D eigenvalue weighted by Crippen LogP contribution is -2.02. The van der Waals surface area contributed by atoms with Gasteiger partial charge in [0.05, 0.1) is 23.4 Å². The van der Waals surface area contributed by atoms with Crippen LogP contribution in [0.5, 0.6) is 5.75 Å². The molecule has 0 atom stereocenters. The number of benzene rings is 1. The summed E-state index contributed by atoms with van der Waals surface area (Å²) in [5.41, 5.74) is 5.31. The van der Waals surface area contributed by atoms with E-state index in [2.05, 4.69) is 51.8 Å². The Hall–Kier alpha value is -2.64. The number of H-pyrrole nitrogens is 2. The van der Waals surface area contributed by atoms with Gasteiger partial charge in [0, 0.05) is 29.1 Å². The summed E-state index contributed by atoms with van der Waals surface area (Å²) in [5.74, 6) is 0.214. The molecule has 0 bridgehead atoms. The highest BCUT2D eigenvalue weighted by Gasteiger charge is 2.23. The molecule has 0 amide bonds. The highest BCUT2D eigenvalue weighted by atomic mass is 79.9. The van der Waals surface area contributed by atoms with Crippen LogP contribution >= 0.6 is 31.9 Å². The van der Waals surface area contributed by atoms with Gasteiger partial charge in [0.25, 0.3) is 0 Å². The summed E-state index contributed by atoms with van der Waals surface area (Å²) in [7, 11) is 0. The summed E-state index contributed by atoms with van der Waals surface area (Å²) < 4.78 is 1.58. The van der Waals surface area contributed by atoms with Crippen molar-refractivity contribution in [3.05, 3.63) is 87.1 Å². The fraction of sp³-hybridized carbons (Fsp3) is 0.0476. The number of halogens is 2. The van der Waals surface area contributed by atoms with Crippen molar-refractivity contribution in [3.8, 4) is 5.75 Å². The van der Waals surface area contributed by atoms with E-state index in [1.165, 1.54) is 0 Å². The molecule has 5 nitrogen and oxygen atoms in total. The molecule has 1 aromatic carbocycles. The second-order valence-corrected chi connectivity index (χ2v) is 8.24. The van der Waals surface area contributed by atoms with Crippen molar-refractivity contribution in [3.63, 3.8) is 0 Å². The van der Waals surface area contributed by atoms with Gasteiger partial charge in [-0.1, -0.05) is 12.1 Å². The summed E-state index contributed by atoms with van der Waals surface area (Å²) in [6.07, 6.45) is 7.72. The van der Waals surface area contributed by atoms with Gasteiger partial charge in [0.2, 0.25) is 0 Å². The van der Waals surface area contributed by atoms with Gasteiger partial charge in [-0.25, -0.2) is 9.97 Å². The predicted octanol–water partition coefficient (Wildman–Crippen LogP) is 5.85. The quantitative estimate of drug-likeness (QED) is 0.273. The van der Waals surface area contributed by atoms with Crippen LogP contribution in [0.25, 0.3) is 21.8 Å². The first kappa shape index (κ1) is 17.5. The number of nitrogens with zero attached hydrogens (tertiary/aromatic N) is 2. The normalized spacial score (nSPS) is 11.7. The molecule has 0 spiro atoms. The SMILES string of the molecule is Oc1ccc(C(c2c[nH]c3cnc(Br)cc23)c2c[nH]c3cnc(Br)cc23)cc1. The van der Waals surface area contributed by atoms with Gasteiger partial charge in [-0.2, -0.15) is 0 Å². The second-order valence-electron chi connectivity index (χ2n) is 6.62. The van der Waals surface area contributed by atoms with E-state index in [1.54, 1.807) is 12.1 Å². The minimum Gasteiger partial charge on any atom is -0.508 e. The summed E-state index contributed by atoms with van der Waals surface area (Å²) in [5, 5.41) is 12.0. The Kier molecular flexibility index (Phi) is 4.21. The molecule has 0 fully saturated rings. The molecule has 3 N–H and O–H groups in total. The van der Waals surface area contributed by atoms with E-state index in [-0.39, 0.29) is 11.7 Å². The van der Waals surface area contributed by atoms with E-state index in [0.29, 0.717) is 0 Å². The molecule has 0 saturated heterocycles. The standard InChI is InChI=1S/C21H14Br2N4O/c22-19-5-13-15(7-24-17(13)9-26-19)21(11-1-3-12(28)4-2-11)16-8-25-18-10-27-20(23)6-14(16)18/h1-10,21,24-25,28H. The second kappa shape index (κ2) is 6.76. The van der Waals surface area contributed by atoms with Crippen LogP contribution in [0.3, 0.4) is 0 Å². The number of rotatable bonds is 3. The lowest BCUT2D eigenvalue weighted by atomic mass is 9.85. The van der Waals surface area contributed by atoms with Crippen LogP contribution in [0.15, 0.2) is 70.4 Å². The smallest absolute Gasteiger partial charge is 0.115 e. The molecule has 0 aliphatic carbocycles. The molecule has 5 aromatic rings. The third-order valence-electron chi connectivity index (χ3n) is 4.98. The molecule has 0 aliphatic rings. The number of aromatic amines is 2. The summed E-state index contributed by atoms with van der Waals surface area (Å²) >= 11 is 6.97. The fourth-order valence-electron chi connectivity index (χ4n) is 3.71. The maximum atomic E-state index is 9.77. The molecule has 7 heteroatoms. The zero-order valence-electron chi connectivity index (χ0n) is 14.4. The predicted molar refractivity (Wildman–Crippen MR) is 117 cm³/mol. The Labute approximate surface area is 177 Å². The molecule has 4 heterocycles. The van der Waals surface area contributed by atoms with E-state index in [9.17, 15) is 5.11 Å². The highest BCUT2D eigenvalue weighted by molar-refractivity contribution is 9.10. The Morgan fingerprint density at radius 3 is 1.79 bits per heavy atom. The molecule has 28 heavy (non-hydrogen) atoms. The van der Waals surface area contributed by atoms with Gasteiger partial charge in [-0.15, -0.1) is 0 Å². The van der Waals surface area contributed by atoms with Crippen molar-refractivity contribution in [2.24, 2.45) is 0 Å². The minimum absolute atomic E-state index is 0.0355. The number of nitrogens with one attached hydrogen (secondary N) is 2. The number of hydrogen-bond acceptors (Lipinski definition) is 3. The van der Waals surface area contributed by atoms with Gasteiger partial charge in [-0.3, -0.25) is 0 Å². The number of phenols is 1. The van der Waals surface area contributed by atoms with Gasteiger partial charge in [-0.05, 0) is 72.8 Å². The number of hydrogen-bond donors (Lipinski definition) is 3. The first-order chi connectivity index (χ1) is 13.6. The maximum Gasteiger partial charge on any atom is 0.115 e. The van der Waals surface area contributed by atoms with E-state index >= 15 is 0 Å².